The van der Waals surface area contributed by atoms with Crippen molar-refractivity contribution in [2.45, 2.75) is 32.9 Å². The molecule has 0 saturated heterocycles. The van der Waals surface area contributed by atoms with Crippen LogP contribution in [-0.2, 0) is 0 Å². The molecular weight excluding hydrogens is 321 g/mol. The summed E-state index contributed by atoms with van der Waals surface area (Å²) in [5.74, 6) is -0.733. The SMILES string of the molecule is CC(C)n1cc([C@@H](C)NC(=O)c2cn[nH]c2-c2ccccc2F)cn1. The van der Waals surface area contributed by atoms with Crippen LogP contribution in [-0.4, -0.2) is 25.9 Å². The minimum Gasteiger partial charge on any atom is -0.345 e. The molecule has 0 radical (unpaired) electrons. The lowest BCUT2D eigenvalue weighted by Gasteiger charge is -2.12. The number of nitrogens with zero attached hydrogens (tertiary/aromatic N) is 3. The van der Waals surface area contributed by atoms with Crippen LogP contribution in [0.3, 0.4) is 0 Å². The van der Waals surface area contributed by atoms with Gasteiger partial charge >= 0.3 is 0 Å². The highest BCUT2D eigenvalue weighted by atomic mass is 19.1. The number of hydrogen-bond acceptors (Lipinski definition) is 3. The Labute approximate surface area is 145 Å². The van der Waals surface area contributed by atoms with Gasteiger partial charge in [0, 0.05) is 23.4 Å². The van der Waals surface area contributed by atoms with E-state index in [-0.39, 0.29) is 18.0 Å². The van der Waals surface area contributed by atoms with E-state index < -0.39 is 5.82 Å². The third kappa shape index (κ3) is 3.45. The molecule has 0 spiro atoms. The van der Waals surface area contributed by atoms with E-state index >= 15 is 0 Å². The molecule has 3 rings (SSSR count). The zero-order valence-corrected chi connectivity index (χ0v) is 14.3. The van der Waals surface area contributed by atoms with E-state index in [2.05, 4.69) is 20.6 Å². The second-order valence-corrected chi connectivity index (χ2v) is 6.18. The number of carbonyl (C=O) groups excluding carboxylic acids is 1. The van der Waals surface area contributed by atoms with Crippen LogP contribution in [0.15, 0.2) is 42.9 Å². The molecule has 1 amide bonds. The predicted octanol–water partition coefficient (Wildman–Crippen LogP) is 3.48. The van der Waals surface area contributed by atoms with E-state index in [9.17, 15) is 9.18 Å². The predicted molar refractivity (Wildman–Crippen MR) is 92.5 cm³/mol. The quantitative estimate of drug-likeness (QED) is 0.746. The molecule has 2 N–H and O–H groups in total. The van der Waals surface area contributed by atoms with Gasteiger partial charge < -0.3 is 5.32 Å². The van der Waals surface area contributed by atoms with Crippen molar-refractivity contribution in [3.05, 3.63) is 59.8 Å². The van der Waals surface area contributed by atoms with E-state index in [1.54, 1.807) is 24.4 Å². The summed E-state index contributed by atoms with van der Waals surface area (Å²) in [6.45, 7) is 5.95. The average molecular weight is 341 g/mol. The first-order valence-corrected chi connectivity index (χ1v) is 8.10. The van der Waals surface area contributed by atoms with E-state index in [1.807, 2.05) is 31.6 Å². The summed E-state index contributed by atoms with van der Waals surface area (Å²) < 4.78 is 15.8. The number of hydrogen-bond donors (Lipinski definition) is 2. The normalized spacial score (nSPS) is 12.4. The second-order valence-electron chi connectivity index (χ2n) is 6.18. The first-order valence-electron chi connectivity index (χ1n) is 8.10. The van der Waals surface area contributed by atoms with E-state index in [1.165, 1.54) is 12.3 Å². The fraction of sp³-hybridized carbons (Fsp3) is 0.278. The Morgan fingerprint density at radius 3 is 2.68 bits per heavy atom. The Morgan fingerprint density at radius 2 is 2.00 bits per heavy atom. The minimum absolute atomic E-state index is 0.233. The Morgan fingerprint density at radius 1 is 1.24 bits per heavy atom. The van der Waals surface area contributed by atoms with Gasteiger partial charge in [0.25, 0.3) is 5.91 Å². The number of benzene rings is 1. The highest BCUT2D eigenvalue weighted by Gasteiger charge is 2.20. The monoisotopic (exact) mass is 341 g/mol. The van der Waals surface area contributed by atoms with E-state index in [0.29, 0.717) is 16.8 Å². The van der Waals surface area contributed by atoms with Crippen molar-refractivity contribution in [2.24, 2.45) is 0 Å². The molecule has 25 heavy (non-hydrogen) atoms. The van der Waals surface area contributed by atoms with Crippen LogP contribution in [0.25, 0.3) is 11.3 Å². The van der Waals surface area contributed by atoms with Crippen LogP contribution < -0.4 is 5.32 Å². The molecule has 3 aromatic rings. The summed E-state index contributed by atoms with van der Waals surface area (Å²) in [6, 6.07) is 6.28. The first-order chi connectivity index (χ1) is 12.0. The van der Waals surface area contributed by atoms with Gasteiger partial charge in [-0.1, -0.05) is 12.1 Å². The fourth-order valence-electron chi connectivity index (χ4n) is 2.54. The van der Waals surface area contributed by atoms with Gasteiger partial charge in [0.2, 0.25) is 0 Å². The Bertz CT molecular complexity index is 883. The van der Waals surface area contributed by atoms with E-state index in [4.69, 9.17) is 0 Å². The Balaban J connectivity index is 1.80. The number of aromatic amines is 1. The van der Waals surface area contributed by atoms with Gasteiger partial charge in [0.1, 0.15) is 5.82 Å². The molecule has 0 aliphatic carbocycles. The number of halogens is 1. The summed E-state index contributed by atoms with van der Waals surface area (Å²) >= 11 is 0. The maximum Gasteiger partial charge on any atom is 0.255 e. The van der Waals surface area contributed by atoms with Crippen LogP contribution in [0.4, 0.5) is 4.39 Å². The molecule has 1 atom stereocenters. The Kier molecular flexibility index (Phi) is 4.65. The van der Waals surface area contributed by atoms with Gasteiger partial charge in [-0.05, 0) is 32.9 Å². The fourth-order valence-corrected chi connectivity index (χ4v) is 2.54. The minimum atomic E-state index is -0.410. The van der Waals surface area contributed by atoms with Crippen molar-refractivity contribution in [3.8, 4) is 11.3 Å². The zero-order valence-electron chi connectivity index (χ0n) is 14.3. The molecule has 0 aliphatic rings. The summed E-state index contributed by atoms with van der Waals surface area (Å²) in [6.07, 6.45) is 5.04. The highest BCUT2D eigenvalue weighted by Crippen LogP contribution is 2.24. The maximum absolute atomic E-state index is 14.0. The van der Waals surface area contributed by atoms with Gasteiger partial charge in [0.05, 0.1) is 29.7 Å². The van der Waals surface area contributed by atoms with Crippen molar-refractivity contribution >= 4 is 5.91 Å². The molecule has 0 fully saturated rings. The van der Waals surface area contributed by atoms with Gasteiger partial charge in [-0.15, -0.1) is 0 Å². The largest absolute Gasteiger partial charge is 0.345 e. The Hall–Kier alpha value is -2.96. The lowest BCUT2D eigenvalue weighted by Crippen LogP contribution is -2.26. The van der Waals surface area contributed by atoms with Crippen molar-refractivity contribution in [2.75, 3.05) is 0 Å². The molecule has 1 aromatic carbocycles. The molecule has 2 aromatic heterocycles. The topological polar surface area (TPSA) is 75.6 Å². The standard InChI is InChI=1S/C18H20FN5O/c1-11(2)24-10-13(8-21-24)12(3)22-18(25)15-9-20-23-17(15)14-6-4-5-7-16(14)19/h4-12H,1-3H3,(H,20,23)(H,22,25)/t12-/m1/s1. The number of rotatable bonds is 5. The van der Waals surface area contributed by atoms with Gasteiger partial charge in [0.15, 0.2) is 0 Å². The summed E-state index contributed by atoms with van der Waals surface area (Å²) in [7, 11) is 0. The molecule has 0 aliphatic heterocycles. The number of carbonyl (C=O) groups is 1. The molecule has 2 heterocycles. The summed E-state index contributed by atoms with van der Waals surface area (Å²) in [4.78, 5) is 12.6. The van der Waals surface area contributed by atoms with Gasteiger partial charge in [-0.25, -0.2) is 4.39 Å². The molecule has 130 valence electrons. The summed E-state index contributed by atoms with van der Waals surface area (Å²) in [5.41, 5.74) is 1.87. The smallest absolute Gasteiger partial charge is 0.255 e. The molecule has 0 bridgehead atoms. The van der Waals surface area contributed by atoms with Crippen molar-refractivity contribution in [1.29, 1.82) is 0 Å². The molecule has 7 heteroatoms. The van der Waals surface area contributed by atoms with Crippen LogP contribution in [0.5, 0.6) is 0 Å². The maximum atomic E-state index is 14.0. The van der Waals surface area contributed by atoms with Crippen molar-refractivity contribution < 1.29 is 9.18 Å². The zero-order chi connectivity index (χ0) is 18.0. The van der Waals surface area contributed by atoms with E-state index in [0.717, 1.165) is 5.56 Å². The van der Waals surface area contributed by atoms with Crippen LogP contribution in [0, 0.1) is 5.82 Å². The lowest BCUT2D eigenvalue weighted by molar-refractivity contribution is 0.0940. The van der Waals surface area contributed by atoms with Gasteiger partial charge in [-0.3, -0.25) is 14.6 Å². The lowest BCUT2D eigenvalue weighted by atomic mass is 10.1. The number of H-pyrrole nitrogens is 1. The average Bonchev–Trinajstić information content (AvgIpc) is 3.25. The number of nitrogens with one attached hydrogen (secondary N) is 2. The van der Waals surface area contributed by atoms with Gasteiger partial charge in [-0.2, -0.15) is 10.2 Å². The molecular formula is C18H20FN5O. The third-order valence-electron chi connectivity index (χ3n) is 4.03. The first kappa shape index (κ1) is 16.9. The van der Waals surface area contributed by atoms with Crippen LogP contribution >= 0.6 is 0 Å². The highest BCUT2D eigenvalue weighted by molar-refractivity contribution is 5.99. The van der Waals surface area contributed by atoms with Crippen LogP contribution in [0.2, 0.25) is 0 Å². The number of aromatic nitrogens is 4. The third-order valence-corrected chi connectivity index (χ3v) is 4.03. The van der Waals surface area contributed by atoms with Crippen molar-refractivity contribution in [1.82, 2.24) is 25.3 Å². The molecule has 0 unspecified atom stereocenters. The number of amides is 1. The second kappa shape index (κ2) is 6.88. The molecule has 6 nitrogen and oxygen atoms in total. The molecule has 0 saturated carbocycles. The summed E-state index contributed by atoms with van der Waals surface area (Å²) in [5, 5.41) is 13.8. The van der Waals surface area contributed by atoms with Crippen LogP contribution in [0.1, 0.15) is 48.8 Å². The van der Waals surface area contributed by atoms with Crippen molar-refractivity contribution in [3.63, 3.8) is 0 Å².